The van der Waals surface area contributed by atoms with Crippen molar-refractivity contribution in [2.45, 2.75) is 6.54 Å². The number of hydrogen-bond acceptors (Lipinski definition) is 3. The van der Waals surface area contributed by atoms with Gasteiger partial charge in [0, 0.05) is 55.8 Å². The molecule has 2 heterocycles. The predicted molar refractivity (Wildman–Crippen MR) is 83.2 cm³/mol. The van der Waals surface area contributed by atoms with Gasteiger partial charge >= 0.3 is 0 Å². The Bertz CT molecular complexity index is 551. The average Bonchev–Trinajstić information content (AvgIpc) is 2.49. The average molecular weight is 288 g/mol. The minimum atomic E-state index is 0.807. The van der Waals surface area contributed by atoms with Crippen LogP contribution in [0.25, 0.3) is 0 Å². The van der Waals surface area contributed by atoms with Crippen molar-refractivity contribution < 1.29 is 0 Å². The number of hydrogen-bond donors (Lipinski definition) is 0. The van der Waals surface area contributed by atoms with Crippen molar-refractivity contribution in [3.63, 3.8) is 0 Å². The molecule has 0 bridgehead atoms. The van der Waals surface area contributed by atoms with Crippen molar-refractivity contribution >= 4 is 17.3 Å². The molecule has 1 aliphatic rings. The summed E-state index contributed by atoms with van der Waals surface area (Å²) in [5.41, 5.74) is 2.55. The Morgan fingerprint density at radius 3 is 2.45 bits per heavy atom. The number of halogens is 1. The number of rotatable bonds is 3. The normalized spacial score (nSPS) is 16.4. The third-order valence-corrected chi connectivity index (χ3v) is 3.94. The van der Waals surface area contributed by atoms with E-state index in [1.807, 2.05) is 30.6 Å². The molecule has 0 unspecified atom stereocenters. The van der Waals surface area contributed by atoms with Crippen LogP contribution in [0.1, 0.15) is 5.56 Å². The number of nitrogens with zero attached hydrogens (tertiary/aromatic N) is 3. The number of piperazine rings is 1. The predicted octanol–water partition coefficient (Wildman–Crippen LogP) is 3.06. The van der Waals surface area contributed by atoms with Crippen LogP contribution in [0.3, 0.4) is 0 Å². The van der Waals surface area contributed by atoms with Crippen LogP contribution in [0.15, 0.2) is 48.8 Å². The summed E-state index contributed by atoms with van der Waals surface area (Å²) < 4.78 is 0. The fraction of sp³-hybridized carbons (Fsp3) is 0.312. The largest absolute Gasteiger partial charge is 0.369 e. The van der Waals surface area contributed by atoms with Crippen LogP contribution in [0.2, 0.25) is 5.02 Å². The number of aromatic nitrogens is 1. The Balaban J connectivity index is 1.57. The van der Waals surface area contributed by atoms with E-state index in [9.17, 15) is 0 Å². The van der Waals surface area contributed by atoms with Crippen LogP contribution >= 0.6 is 11.6 Å². The maximum absolute atomic E-state index is 6.06. The van der Waals surface area contributed by atoms with Gasteiger partial charge in [-0.25, -0.2) is 0 Å². The number of benzene rings is 1. The van der Waals surface area contributed by atoms with Gasteiger partial charge in [0.2, 0.25) is 0 Å². The second-order valence-corrected chi connectivity index (χ2v) is 5.53. The van der Waals surface area contributed by atoms with E-state index in [-0.39, 0.29) is 0 Å². The molecule has 0 aliphatic carbocycles. The molecular weight excluding hydrogens is 270 g/mol. The van der Waals surface area contributed by atoms with Crippen LogP contribution in [-0.4, -0.2) is 36.1 Å². The van der Waals surface area contributed by atoms with E-state index in [1.165, 1.54) is 11.3 Å². The summed E-state index contributed by atoms with van der Waals surface area (Å²) in [5.74, 6) is 0. The molecule has 3 rings (SSSR count). The van der Waals surface area contributed by atoms with Crippen molar-refractivity contribution in [3.05, 3.63) is 59.4 Å². The molecular formula is C16H18ClN3. The van der Waals surface area contributed by atoms with Crippen LogP contribution in [0.5, 0.6) is 0 Å². The highest BCUT2D eigenvalue weighted by molar-refractivity contribution is 6.30. The summed E-state index contributed by atoms with van der Waals surface area (Å²) in [6.45, 7) is 5.26. The molecule has 1 aromatic heterocycles. The zero-order chi connectivity index (χ0) is 13.8. The highest BCUT2D eigenvalue weighted by Crippen LogP contribution is 2.21. The van der Waals surface area contributed by atoms with Crippen molar-refractivity contribution in [1.29, 1.82) is 0 Å². The quantitative estimate of drug-likeness (QED) is 0.865. The number of anilines is 1. The lowest BCUT2D eigenvalue weighted by atomic mass is 10.2. The van der Waals surface area contributed by atoms with Gasteiger partial charge in [0.25, 0.3) is 0 Å². The highest BCUT2D eigenvalue weighted by Gasteiger charge is 2.17. The summed E-state index contributed by atoms with van der Waals surface area (Å²) in [5, 5.41) is 0.807. The van der Waals surface area contributed by atoms with E-state index in [0.717, 1.165) is 37.7 Å². The van der Waals surface area contributed by atoms with Gasteiger partial charge < -0.3 is 4.90 Å². The summed E-state index contributed by atoms with van der Waals surface area (Å²) in [6, 6.07) is 12.3. The standard InChI is InChI=1S/C16H18ClN3/c17-15-2-1-3-16(12-15)20-10-8-19(9-11-20)13-14-4-6-18-7-5-14/h1-7,12H,8-11,13H2. The first-order valence-corrected chi connectivity index (χ1v) is 7.31. The maximum atomic E-state index is 6.06. The molecule has 3 nitrogen and oxygen atoms in total. The number of pyridine rings is 1. The third-order valence-electron chi connectivity index (χ3n) is 3.70. The first kappa shape index (κ1) is 13.4. The van der Waals surface area contributed by atoms with Crippen molar-refractivity contribution in [2.24, 2.45) is 0 Å². The Kier molecular flexibility index (Phi) is 4.19. The molecule has 0 saturated carbocycles. The van der Waals surface area contributed by atoms with Crippen molar-refractivity contribution in [2.75, 3.05) is 31.1 Å². The van der Waals surface area contributed by atoms with E-state index < -0.39 is 0 Å². The van der Waals surface area contributed by atoms with Gasteiger partial charge in [-0.15, -0.1) is 0 Å². The topological polar surface area (TPSA) is 19.4 Å². The molecule has 20 heavy (non-hydrogen) atoms. The van der Waals surface area contributed by atoms with Crippen LogP contribution < -0.4 is 4.90 Å². The summed E-state index contributed by atoms with van der Waals surface area (Å²) >= 11 is 6.06. The summed E-state index contributed by atoms with van der Waals surface area (Å²) in [6.07, 6.45) is 3.72. The summed E-state index contributed by atoms with van der Waals surface area (Å²) in [7, 11) is 0. The van der Waals surface area contributed by atoms with E-state index in [2.05, 4.69) is 33.0 Å². The Labute approximate surface area is 124 Å². The molecule has 0 amide bonds. The lowest BCUT2D eigenvalue weighted by molar-refractivity contribution is 0.250. The molecule has 2 aromatic rings. The molecule has 4 heteroatoms. The minimum absolute atomic E-state index is 0.807. The van der Waals surface area contributed by atoms with E-state index >= 15 is 0 Å². The Hall–Kier alpha value is -1.58. The van der Waals surface area contributed by atoms with E-state index in [1.54, 1.807) is 0 Å². The third kappa shape index (κ3) is 3.30. The molecule has 0 atom stereocenters. The second kappa shape index (κ2) is 6.25. The van der Waals surface area contributed by atoms with Gasteiger partial charge in [-0.2, -0.15) is 0 Å². The van der Waals surface area contributed by atoms with Crippen LogP contribution in [0, 0.1) is 0 Å². The molecule has 0 radical (unpaired) electrons. The highest BCUT2D eigenvalue weighted by atomic mass is 35.5. The van der Waals surface area contributed by atoms with Gasteiger partial charge in [-0.3, -0.25) is 9.88 Å². The van der Waals surface area contributed by atoms with Crippen LogP contribution in [0.4, 0.5) is 5.69 Å². The fourth-order valence-corrected chi connectivity index (χ4v) is 2.77. The second-order valence-electron chi connectivity index (χ2n) is 5.10. The SMILES string of the molecule is Clc1cccc(N2CCN(Cc3ccncc3)CC2)c1. The Morgan fingerprint density at radius 1 is 1.00 bits per heavy atom. The molecule has 1 aliphatic heterocycles. The molecule has 0 N–H and O–H groups in total. The molecule has 1 saturated heterocycles. The lowest BCUT2D eigenvalue weighted by Crippen LogP contribution is -2.45. The first-order valence-electron chi connectivity index (χ1n) is 6.93. The Morgan fingerprint density at radius 2 is 1.75 bits per heavy atom. The smallest absolute Gasteiger partial charge is 0.0426 e. The van der Waals surface area contributed by atoms with Crippen molar-refractivity contribution in [3.8, 4) is 0 Å². The first-order chi connectivity index (χ1) is 9.81. The van der Waals surface area contributed by atoms with E-state index in [0.29, 0.717) is 0 Å². The molecule has 104 valence electrons. The van der Waals surface area contributed by atoms with Crippen LogP contribution in [-0.2, 0) is 6.54 Å². The minimum Gasteiger partial charge on any atom is -0.369 e. The summed E-state index contributed by atoms with van der Waals surface area (Å²) in [4.78, 5) is 8.94. The van der Waals surface area contributed by atoms with Crippen molar-refractivity contribution in [1.82, 2.24) is 9.88 Å². The zero-order valence-electron chi connectivity index (χ0n) is 11.4. The van der Waals surface area contributed by atoms with Gasteiger partial charge in [0.15, 0.2) is 0 Å². The van der Waals surface area contributed by atoms with E-state index in [4.69, 9.17) is 11.6 Å². The van der Waals surface area contributed by atoms with Gasteiger partial charge in [0.05, 0.1) is 0 Å². The van der Waals surface area contributed by atoms with Gasteiger partial charge in [-0.1, -0.05) is 17.7 Å². The monoisotopic (exact) mass is 287 g/mol. The molecule has 1 fully saturated rings. The fourth-order valence-electron chi connectivity index (χ4n) is 2.58. The lowest BCUT2D eigenvalue weighted by Gasteiger charge is -2.36. The molecule has 0 spiro atoms. The maximum Gasteiger partial charge on any atom is 0.0426 e. The zero-order valence-corrected chi connectivity index (χ0v) is 12.1. The van der Waals surface area contributed by atoms with Gasteiger partial charge in [0.1, 0.15) is 0 Å². The van der Waals surface area contributed by atoms with Gasteiger partial charge in [-0.05, 0) is 35.9 Å². The molecule has 1 aromatic carbocycles.